The van der Waals surface area contributed by atoms with Crippen molar-refractivity contribution in [3.63, 3.8) is 0 Å². The standard InChI is InChI=1S/C57H39BN4O.C10H15N.Pt/c1-41-59-52-39-48(36-37-54(52)62(41)53-33-15-14-32-51(53)58(44-24-10-4-11-25-44)45-26-12-5-13-27-45)63-47-29-18-28-46(38-47)60-40-61(56-35-17-16-34-55(56)60)57-49(42-20-6-2-7-21-42)30-19-31-50(57)43-22-8-3-9-23-43;1-8-7-9(5-6-11-8)10(2,3)4;/h2-37H,1H3;5-7H,1-4H3;/q-2;;/i2D,3D,6D,7D,8D,9D,20D,21D,22D,23D;;. The summed E-state index contributed by atoms with van der Waals surface area (Å²) in [5.41, 5.74) is 10.4. The van der Waals surface area contributed by atoms with Crippen LogP contribution in [-0.4, -0.2) is 25.8 Å². The van der Waals surface area contributed by atoms with E-state index in [0.717, 1.165) is 28.2 Å². The number of benzene rings is 9. The van der Waals surface area contributed by atoms with Gasteiger partial charge in [-0.1, -0.05) is 213 Å². The van der Waals surface area contributed by atoms with E-state index in [2.05, 4.69) is 128 Å². The largest absolute Gasteiger partial charge is 0.510 e. The van der Waals surface area contributed by atoms with Crippen LogP contribution < -0.4 is 25.7 Å². The minimum atomic E-state index is -0.574. The summed E-state index contributed by atoms with van der Waals surface area (Å²) in [6, 6.07) is 56.2. The van der Waals surface area contributed by atoms with Crippen LogP contribution in [0, 0.1) is 32.3 Å². The van der Waals surface area contributed by atoms with Crippen molar-refractivity contribution in [3.05, 3.63) is 272 Å². The maximum atomic E-state index is 9.00. The molecule has 0 atom stereocenters. The Morgan fingerprint density at radius 1 is 0.600 bits per heavy atom. The van der Waals surface area contributed by atoms with Crippen LogP contribution in [0.1, 0.15) is 51.6 Å². The first-order valence-electron chi connectivity index (χ1n) is 29.3. The Morgan fingerprint density at radius 3 is 1.84 bits per heavy atom. The normalized spacial score (nSPS) is 13.0. The Bertz CT molecular complexity index is 4330. The van der Waals surface area contributed by atoms with Gasteiger partial charge in [-0.15, -0.1) is 30.3 Å². The SMILES string of the molecule is Cc1cc(C(C)(C)C)ccn1.[2H]c1c([2H])c([2H])c(-c2cccc(-c3c([2H])c([2H])c([2H])c([2H])c3[2H])c2-[n+]2[c-]n(-c3[c-]c(Oc4[c-]c5nc(C)n(-c6ccccc6B(c6ccccc6)c6ccccc6)c5cc4)ccc3)c3ccccc32)c([2H])c1[2H].[Pt]. The van der Waals surface area contributed by atoms with Crippen molar-refractivity contribution in [1.29, 1.82) is 0 Å². The molecule has 0 aliphatic carbocycles. The van der Waals surface area contributed by atoms with E-state index in [1.54, 1.807) is 51.6 Å². The Morgan fingerprint density at radius 2 is 1.20 bits per heavy atom. The quantitative estimate of drug-likeness (QED) is 0.0779. The molecule has 0 aliphatic rings. The second-order valence-electron chi connectivity index (χ2n) is 18.8. The van der Waals surface area contributed by atoms with Gasteiger partial charge in [0, 0.05) is 50.1 Å². The van der Waals surface area contributed by atoms with Gasteiger partial charge in [-0.2, -0.15) is 12.1 Å². The first kappa shape index (κ1) is 39.1. The third-order valence-corrected chi connectivity index (χ3v) is 12.8. The number of rotatable bonds is 10. The number of hydrogen-bond acceptors (Lipinski definition) is 3. The Labute approximate surface area is 469 Å². The van der Waals surface area contributed by atoms with Gasteiger partial charge in [-0.05, 0) is 87.5 Å². The van der Waals surface area contributed by atoms with E-state index in [1.165, 1.54) is 16.5 Å². The summed E-state index contributed by atoms with van der Waals surface area (Å²) >= 11 is 0. The molecule has 12 aromatic rings. The number of pyridine rings is 1. The molecule has 0 bridgehead atoms. The number of hydrogen-bond donors (Lipinski definition) is 0. The van der Waals surface area contributed by atoms with Gasteiger partial charge in [0.05, 0.1) is 36.3 Å². The summed E-state index contributed by atoms with van der Waals surface area (Å²) in [4.78, 5) is 9.13. The Kier molecular flexibility index (Phi) is 11.5. The van der Waals surface area contributed by atoms with Crippen LogP contribution >= 0.6 is 0 Å². The van der Waals surface area contributed by atoms with Crippen LogP contribution in [0.5, 0.6) is 11.5 Å². The number of aryl methyl sites for hydroxylation is 2. The minimum absolute atomic E-state index is 0. The molecule has 0 amide bonds. The third-order valence-electron chi connectivity index (χ3n) is 12.8. The van der Waals surface area contributed by atoms with Crippen molar-refractivity contribution in [2.24, 2.45) is 0 Å². The van der Waals surface area contributed by atoms with Crippen LogP contribution in [0.25, 0.3) is 61.4 Å². The fraction of sp³-hybridized carbons (Fsp3) is 0.0896. The van der Waals surface area contributed by atoms with Gasteiger partial charge in [-0.3, -0.25) is 14.5 Å². The fourth-order valence-corrected chi connectivity index (χ4v) is 9.37. The van der Waals surface area contributed by atoms with E-state index in [-0.39, 0.29) is 61.1 Å². The van der Waals surface area contributed by atoms with Crippen LogP contribution in [0.3, 0.4) is 0 Å². The molecule has 0 fully saturated rings. The smallest absolute Gasteiger partial charge is 0.268 e. The number of ether oxygens (including phenoxy) is 1. The molecule has 3 heterocycles. The molecule has 368 valence electrons. The average molecular weight is 1160 g/mol. The van der Waals surface area contributed by atoms with Crippen LogP contribution in [0.2, 0.25) is 0 Å². The maximum Gasteiger partial charge on any atom is 0.268 e. The molecule has 0 spiro atoms. The van der Waals surface area contributed by atoms with Crippen molar-refractivity contribution in [2.45, 2.75) is 40.0 Å². The zero-order valence-corrected chi connectivity index (χ0v) is 44.1. The van der Waals surface area contributed by atoms with E-state index < -0.39 is 60.4 Å². The van der Waals surface area contributed by atoms with Crippen molar-refractivity contribution in [3.8, 4) is 50.8 Å². The van der Waals surface area contributed by atoms with E-state index in [9.17, 15) is 0 Å². The molecule has 0 aliphatic heterocycles. The fourth-order valence-electron chi connectivity index (χ4n) is 9.37. The Hall–Kier alpha value is -8.38. The molecular weight excluding hydrogens is 1100 g/mol. The second kappa shape index (κ2) is 22.0. The van der Waals surface area contributed by atoms with Gasteiger partial charge in [0.2, 0.25) is 6.71 Å². The average Bonchev–Trinajstić information content (AvgIpc) is 2.15. The van der Waals surface area contributed by atoms with E-state index in [1.807, 2.05) is 68.6 Å². The van der Waals surface area contributed by atoms with E-state index in [0.29, 0.717) is 33.7 Å². The molecule has 0 N–H and O–H groups in total. The molecule has 9 aromatic carbocycles. The van der Waals surface area contributed by atoms with Crippen molar-refractivity contribution >= 4 is 45.2 Å². The summed E-state index contributed by atoms with van der Waals surface area (Å²) in [6.07, 6.45) is 5.27. The number of fused-ring (bicyclic) bond motifs is 2. The molecule has 0 saturated heterocycles. The molecule has 0 unspecified atom stereocenters. The van der Waals surface area contributed by atoms with Crippen LogP contribution in [0.4, 0.5) is 0 Å². The molecule has 0 radical (unpaired) electrons. The molecule has 0 saturated carbocycles. The summed E-state index contributed by atoms with van der Waals surface area (Å²) in [7, 11) is 0. The number of imidazole rings is 2. The minimum Gasteiger partial charge on any atom is -0.510 e. The second-order valence-corrected chi connectivity index (χ2v) is 18.8. The van der Waals surface area contributed by atoms with Gasteiger partial charge in [0.15, 0.2) is 0 Å². The van der Waals surface area contributed by atoms with Gasteiger partial charge < -0.3 is 13.9 Å². The first-order valence-corrected chi connectivity index (χ1v) is 24.3. The molecule has 75 heavy (non-hydrogen) atoms. The van der Waals surface area contributed by atoms with Crippen molar-refractivity contribution < 1.29 is 44.1 Å². The van der Waals surface area contributed by atoms with Crippen LogP contribution in [0.15, 0.2) is 236 Å². The summed E-state index contributed by atoms with van der Waals surface area (Å²) in [6.45, 7) is 10.6. The number of aromatic nitrogens is 5. The Balaban J connectivity index is 0.000000604. The molecule has 3 aromatic heterocycles. The summed E-state index contributed by atoms with van der Waals surface area (Å²) < 4.78 is 98.8. The van der Waals surface area contributed by atoms with E-state index >= 15 is 0 Å². The topological polar surface area (TPSA) is 48.8 Å². The van der Waals surface area contributed by atoms with Gasteiger partial charge in [0.25, 0.3) is 6.33 Å². The zero-order valence-electron chi connectivity index (χ0n) is 51.8. The van der Waals surface area contributed by atoms with Gasteiger partial charge in [0.1, 0.15) is 0 Å². The maximum absolute atomic E-state index is 9.00. The number of nitrogens with zero attached hydrogens (tertiary/aromatic N) is 5. The van der Waals surface area contributed by atoms with Crippen molar-refractivity contribution in [2.75, 3.05) is 0 Å². The zero-order chi connectivity index (χ0) is 59.3. The van der Waals surface area contributed by atoms with Crippen molar-refractivity contribution in [1.82, 2.24) is 19.1 Å². The third kappa shape index (κ3) is 10.6. The molecular formula is C67H54BN5OPt-2. The van der Waals surface area contributed by atoms with Gasteiger partial charge >= 0.3 is 0 Å². The van der Waals surface area contributed by atoms with Crippen LogP contribution in [-0.2, 0) is 26.5 Å². The first-order chi connectivity index (χ1) is 40.3. The molecule has 12 rings (SSSR count). The van der Waals surface area contributed by atoms with E-state index in [4.69, 9.17) is 23.4 Å². The molecule has 6 nitrogen and oxygen atoms in total. The number of para-hydroxylation sites is 4. The monoisotopic (exact) mass is 1160 g/mol. The molecule has 8 heteroatoms. The predicted octanol–water partition coefficient (Wildman–Crippen LogP) is 13.3. The summed E-state index contributed by atoms with van der Waals surface area (Å²) in [5, 5.41) is 0. The predicted molar refractivity (Wildman–Crippen MR) is 303 cm³/mol. The summed E-state index contributed by atoms with van der Waals surface area (Å²) in [5.74, 6) is 1.52. The van der Waals surface area contributed by atoms with Gasteiger partial charge in [-0.25, -0.2) is 0 Å².